The Balaban J connectivity index is 2.57. The number of carbonyl (C=O) groups is 1. The molecule has 1 rings (SSSR count). The molecule has 1 fully saturated rings. The van der Waals surface area contributed by atoms with Crippen molar-refractivity contribution in [3.8, 4) is 0 Å². The van der Waals surface area contributed by atoms with Gasteiger partial charge in [0, 0.05) is 20.2 Å². The highest BCUT2D eigenvalue weighted by molar-refractivity contribution is 5.68. The Labute approximate surface area is 78.5 Å². The largest absolute Gasteiger partial charge is 0.481 e. The molecule has 0 saturated carbocycles. The molecule has 0 radical (unpaired) electrons. The molecule has 76 valence electrons. The number of likely N-dealkylation sites (N-methyl/N-ethyl adjacent to an activating group) is 1. The standard InChI is InChI=1S/C9H17NO3/c1-3-10-5-4-9(7-10,13-2)6-8(11)12/h3-7H2,1-2H3,(H,11,12). The molecule has 0 spiro atoms. The molecule has 0 aromatic heterocycles. The van der Waals surface area contributed by atoms with E-state index in [1.54, 1.807) is 7.11 Å². The number of rotatable bonds is 4. The van der Waals surface area contributed by atoms with Crippen LogP contribution in [0, 0.1) is 0 Å². The third-order valence-electron chi connectivity index (χ3n) is 2.75. The number of hydrogen-bond donors (Lipinski definition) is 1. The fourth-order valence-electron chi connectivity index (χ4n) is 1.86. The van der Waals surface area contributed by atoms with Gasteiger partial charge in [0.05, 0.1) is 12.0 Å². The lowest BCUT2D eigenvalue weighted by Crippen LogP contribution is -2.37. The molecule has 0 aromatic rings. The summed E-state index contributed by atoms with van der Waals surface area (Å²) in [5, 5.41) is 8.73. The Morgan fingerprint density at radius 1 is 1.69 bits per heavy atom. The zero-order valence-corrected chi connectivity index (χ0v) is 8.25. The predicted octanol–water partition coefficient (Wildman–Crippen LogP) is 0.572. The molecule has 1 unspecified atom stereocenters. The quantitative estimate of drug-likeness (QED) is 0.699. The van der Waals surface area contributed by atoms with Gasteiger partial charge >= 0.3 is 5.97 Å². The molecule has 4 nitrogen and oxygen atoms in total. The lowest BCUT2D eigenvalue weighted by molar-refractivity contribution is -0.143. The number of hydrogen-bond acceptors (Lipinski definition) is 3. The summed E-state index contributed by atoms with van der Waals surface area (Å²) in [6.45, 7) is 4.72. The number of methoxy groups -OCH3 is 1. The van der Waals surface area contributed by atoms with Gasteiger partial charge in [0.25, 0.3) is 0 Å². The fourth-order valence-corrected chi connectivity index (χ4v) is 1.86. The molecule has 1 saturated heterocycles. The van der Waals surface area contributed by atoms with E-state index in [1.165, 1.54) is 0 Å². The Morgan fingerprint density at radius 3 is 2.77 bits per heavy atom. The van der Waals surface area contributed by atoms with Crippen molar-refractivity contribution in [1.29, 1.82) is 0 Å². The van der Waals surface area contributed by atoms with E-state index in [-0.39, 0.29) is 6.42 Å². The molecule has 13 heavy (non-hydrogen) atoms. The maximum atomic E-state index is 10.6. The average molecular weight is 187 g/mol. The summed E-state index contributed by atoms with van der Waals surface area (Å²) in [5.41, 5.74) is -0.443. The van der Waals surface area contributed by atoms with Crippen LogP contribution in [0.2, 0.25) is 0 Å². The molecule has 1 aliphatic rings. The zero-order chi connectivity index (χ0) is 9.90. The number of ether oxygens (including phenoxy) is 1. The van der Waals surface area contributed by atoms with Gasteiger partial charge in [-0.1, -0.05) is 6.92 Å². The van der Waals surface area contributed by atoms with Crippen molar-refractivity contribution in [2.75, 3.05) is 26.7 Å². The first-order chi connectivity index (χ1) is 6.12. The van der Waals surface area contributed by atoms with E-state index < -0.39 is 11.6 Å². The van der Waals surface area contributed by atoms with Gasteiger partial charge in [0.15, 0.2) is 0 Å². The molecule has 1 aliphatic heterocycles. The molecule has 1 heterocycles. The van der Waals surface area contributed by atoms with Crippen molar-refractivity contribution in [2.24, 2.45) is 0 Å². The van der Waals surface area contributed by atoms with Crippen molar-refractivity contribution < 1.29 is 14.6 Å². The second kappa shape index (κ2) is 4.07. The Bertz CT molecular complexity index is 195. The van der Waals surface area contributed by atoms with Crippen molar-refractivity contribution >= 4 is 5.97 Å². The normalized spacial score (nSPS) is 29.4. The maximum Gasteiger partial charge on any atom is 0.306 e. The highest BCUT2D eigenvalue weighted by Crippen LogP contribution is 2.27. The van der Waals surface area contributed by atoms with Crippen LogP contribution in [-0.4, -0.2) is 48.3 Å². The Morgan fingerprint density at radius 2 is 2.38 bits per heavy atom. The number of carboxylic acid groups (broad SMARTS) is 1. The topological polar surface area (TPSA) is 49.8 Å². The van der Waals surface area contributed by atoms with Crippen molar-refractivity contribution in [3.05, 3.63) is 0 Å². The molecule has 4 heteroatoms. The van der Waals surface area contributed by atoms with Crippen LogP contribution in [-0.2, 0) is 9.53 Å². The van der Waals surface area contributed by atoms with Gasteiger partial charge in [-0.15, -0.1) is 0 Å². The van der Waals surface area contributed by atoms with Crippen LogP contribution in [0.3, 0.4) is 0 Å². The van der Waals surface area contributed by atoms with E-state index in [0.717, 1.165) is 26.1 Å². The van der Waals surface area contributed by atoms with Gasteiger partial charge in [0.1, 0.15) is 0 Å². The van der Waals surface area contributed by atoms with Crippen LogP contribution < -0.4 is 0 Å². The monoisotopic (exact) mass is 187 g/mol. The predicted molar refractivity (Wildman–Crippen MR) is 48.7 cm³/mol. The van der Waals surface area contributed by atoms with E-state index in [1.807, 2.05) is 0 Å². The maximum absolute atomic E-state index is 10.6. The second-order valence-electron chi connectivity index (χ2n) is 3.58. The summed E-state index contributed by atoms with van der Waals surface area (Å²) in [6, 6.07) is 0. The van der Waals surface area contributed by atoms with E-state index in [4.69, 9.17) is 9.84 Å². The first-order valence-electron chi connectivity index (χ1n) is 4.61. The van der Waals surface area contributed by atoms with Crippen LogP contribution >= 0.6 is 0 Å². The summed E-state index contributed by atoms with van der Waals surface area (Å²) in [5.74, 6) is -0.778. The van der Waals surface area contributed by atoms with Gasteiger partial charge in [-0.05, 0) is 13.0 Å². The highest BCUT2D eigenvalue weighted by atomic mass is 16.5. The molecule has 1 N–H and O–H groups in total. The minimum Gasteiger partial charge on any atom is -0.481 e. The molecular formula is C9H17NO3. The van der Waals surface area contributed by atoms with Gasteiger partial charge in [-0.25, -0.2) is 0 Å². The van der Waals surface area contributed by atoms with E-state index in [2.05, 4.69) is 11.8 Å². The van der Waals surface area contributed by atoms with Crippen molar-refractivity contribution in [2.45, 2.75) is 25.4 Å². The third kappa shape index (κ3) is 2.42. The molecule has 0 bridgehead atoms. The van der Waals surface area contributed by atoms with E-state index >= 15 is 0 Å². The SMILES string of the molecule is CCN1CCC(CC(=O)O)(OC)C1. The average Bonchev–Trinajstić information content (AvgIpc) is 2.48. The summed E-state index contributed by atoms with van der Waals surface area (Å²) in [7, 11) is 1.60. The van der Waals surface area contributed by atoms with Gasteiger partial charge in [0.2, 0.25) is 0 Å². The Kier molecular flexibility index (Phi) is 3.27. The smallest absolute Gasteiger partial charge is 0.306 e. The third-order valence-corrected chi connectivity index (χ3v) is 2.75. The first-order valence-corrected chi connectivity index (χ1v) is 4.61. The van der Waals surface area contributed by atoms with E-state index in [9.17, 15) is 4.79 Å². The molecule has 1 atom stereocenters. The molecule has 0 aromatic carbocycles. The van der Waals surface area contributed by atoms with Gasteiger partial charge in [-0.2, -0.15) is 0 Å². The highest BCUT2D eigenvalue weighted by Gasteiger charge is 2.39. The number of likely N-dealkylation sites (tertiary alicyclic amines) is 1. The minimum absolute atomic E-state index is 0.111. The van der Waals surface area contributed by atoms with Crippen LogP contribution in [0.5, 0.6) is 0 Å². The second-order valence-corrected chi connectivity index (χ2v) is 3.58. The number of carboxylic acids is 1. The first kappa shape index (κ1) is 10.5. The number of aliphatic carboxylic acids is 1. The molecule has 0 amide bonds. The minimum atomic E-state index is -0.778. The molecular weight excluding hydrogens is 170 g/mol. The fraction of sp³-hybridized carbons (Fsp3) is 0.889. The summed E-state index contributed by atoms with van der Waals surface area (Å²) >= 11 is 0. The van der Waals surface area contributed by atoms with Crippen LogP contribution in [0.4, 0.5) is 0 Å². The number of nitrogens with zero attached hydrogens (tertiary/aromatic N) is 1. The van der Waals surface area contributed by atoms with Gasteiger partial charge < -0.3 is 14.7 Å². The summed E-state index contributed by atoms with van der Waals surface area (Å²) in [6.07, 6.45) is 0.934. The van der Waals surface area contributed by atoms with Crippen molar-refractivity contribution in [3.63, 3.8) is 0 Å². The van der Waals surface area contributed by atoms with Crippen LogP contribution in [0.1, 0.15) is 19.8 Å². The van der Waals surface area contributed by atoms with Crippen LogP contribution in [0.15, 0.2) is 0 Å². The zero-order valence-electron chi connectivity index (χ0n) is 8.25. The Hall–Kier alpha value is -0.610. The van der Waals surface area contributed by atoms with Crippen LogP contribution in [0.25, 0.3) is 0 Å². The lowest BCUT2D eigenvalue weighted by atomic mass is 9.99. The van der Waals surface area contributed by atoms with E-state index in [0.29, 0.717) is 0 Å². The lowest BCUT2D eigenvalue weighted by Gasteiger charge is -2.25. The van der Waals surface area contributed by atoms with Gasteiger partial charge in [-0.3, -0.25) is 4.79 Å². The van der Waals surface area contributed by atoms with Crippen molar-refractivity contribution in [1.82, 2.24) is 4.90 Å². The summed E-state index contributed by atoms with van der Waals surface area (Å²) < 4.78 is 5.32. The molecule has 0 aliphatic carbocycles. The summed E-state index contributed by atoms with van der Waals surface area (Å²) in [4.78, 5) is 12.8.